The van der Waals surface area contributed by atoms with Crippen molar-refractivity contribution in [2.75, 3.05) is 148 Å². The Morgan fingerprint density at radius 2 is 1.42 bits per heavy atom. The molecule has 3 saturated heterocycles. The van der Waals surface area contributed by atoms with Crippen LogP contribution in [0, 0.1) is 35.5 Å². The Labute approximate surface area is 810 Å². The molecule has 8 N–H and O–H groups in total. The standard InChI is InChI=1S/C101H136N18O20/c1-61-16-12-11-13-17-62(2)81(130-8)52-75-23-19-67(7)101(129,139-75)90(124)96(126)118-31-15-14-18-78(118)97(127)137-82(53-79(120)63(3)47-66(6)88(123)89(132-10)87(122)65(5)46-61)64(4)48-68-21-24-80(83(50-68)131-9)138-100(128)117-33-27-77-74(59-117)55-107-98(111-77)114-34-36-115(37-35-114)99-108-56-76(91(102)112-99)95(125)105-30-39-134-41-43-136-45-44-135-42-40-133-38-28-84(121)116-32-26-70-49-69(20-22-72(70)58-116)57-119-94-85(92(103)109-60-110-94)86(113-119)73-51-71-25-29-104-93(71)106-54-73/h11-13,16-17,20,22,25,29,47,49,51,54-56,60-61,63-65,67-68,75,78,80-83,88-89,123,129H,14-15,18-19,21,23-24,26-28,30-46,48,50,52-53,57-59H2,1-10H3,(H,104,106)(H,105,125)(H2,102,108,112)(H2,103,109,110)/b13-11+,16-12+,62-17+,66-47+/t61-,63-,64-,65-,67-,68+,75+,78+,80-,81+,82+,83-,88-,89+,101-/m1/s1. The smallest absolute Gasteiger partial charge is 0.410 e. The number of piperidine rings is 1. The molecule has 0 radical (unpaired) electrons. The molecular formula is C101H136N18O20. The van der Waals surface area contributed by atoms with E-state index in [1.807, 2.05) is 84.0 Å². The van der Waals surface area contributed by atoms with E-state index < -0.39 is 108 Å². The fraction of sp³-hybridized carbons (Fsp3) is 0.584. The first-order chi connectivity index (χ1) is 67.1. The summed E-state index contributed by atoms with van der Waals surface area (Å²) in [4.78, 5) is 157. The number of nitrogens with zero attached hydrogens (tertiary/aromatic N) is 14. The fourth-order valence-corrected chi connectivity index (χ4v) is 19.8. The number of hydrogen-bond acceptors (Lipinski definition) is 32. The van der Waals surface area contributed by atoms with E-state index in [1.165, 1.54) is 30.1 Å². The average Bonchev–Trinajstić information content (AvgIpc) is 1.34. The Bertz CT molecular complexity index is 5580. The normalized spacial score (nSPS) is 26.8. The van der Waals surface area contributed by atoms with Crippen LogP contribution in [0.1, 0.15) is 170 Å². The number of cyclic esters (lactones) is 1. The third-order valence-corrected chi connectivity index (χ3v) is 28.1. The van der Waals surface area contributed by atoms with E-state index in [1.54, 1.807) is 65.3 Å². The number of carbonyl (C=O) groups is 8. The molecule has 15 atom stereocenters. The number of nitrogen functional groups attached to an aromatic ring is 2. The number of aliphatic hydroxyl groups is 2. The van der Waals surface area contributed by atoms with Gasteiger partial charge in [-0.05, 0) is 142 Å². The van der Waals surface area contributed by atoms with Crippen LogP contribution in [-0.2, 0) is 109 Å². The van der Waals surface area contributed by atoms with Crippen LogP contribution >= 0.6 is 0 Å². The molecule has 6 aliphatic heterocycles. The van der Waals surface area contributed by atoms with Gasteiger partial charge in [-0.2, -0.15) is 10.1 Å². The molecule has 12 heterocycles. The first-order valence-electron chi connectivity index (χ1n) is 48.9. The number of allylic oxidation sites excluding steroid dienone is 6. The maximum atomic E-state index is 14.9. The number of benzene rings is 1. The van der Waals surface area contributed by atoms with Crippen molar-refractivity contribution in [1.82, 2.24) is 69.7 Å². The van der Waals surface area contributed by atoms with Gasteiger partial charge in [0.1, 0.15) is 65.5 Å². The molecule has 1 aromatic carbocycles. The van der Waals surface area contributed by atoms with Crippen molar-refractivity contribution in [1.29, 1.82) is 0 Å². The van der Waals surface area contributed by atoms with Crippen LogP contribution in [0.4, 0.5) is 28.3 Å². The van der Waals surface area contributed by atoms with Gasteiger partial charge in [0, 0.05) is 159 Å². The molecule has 7 aromatic rings. The number of esters is 1. The number of methoxy groups -OCH3 is 3. The highest BCUT2D eigenvalue weighted by molar-refractivity contribution is 6.39. The lowest BCUT2D eigenvalue weighted by Gasteiger charge is -2.42. The topological polar surface area (TPSA) is 473 Å². The zero-order chi connectivity index (χ0) is 98.6. The number of carbonyl (C=O) groups excluding carboxylic acids is 8. The monoisotopic (exact) mass is 1920 g/mol. The number of aromatic nitrogens is 10. The number of pyridine rings is 1. The van der Waals surface area contributed by atoms with Crippen LogP contribution in [0.3, 0.4) is 0 Å². The lowest BCUT2D eigenvalue weighted by Crippen LogP contribution is -2.61. The Balaban J connectivity index is 0.482. The summed E-state index contributed by atoms with van der Waals surface area (Å²) in [6.45, 7) is 19.7. The van der Waals surface area contributed by atoms with E-state index >= 15 is 0 Å². The number of fused-ring (bicyclic) bond motifs is 7. The van der Waals surface area contributed by atoms with Crippen LogP contribution in [0.2, 0.25) is 0 Å². The summed E-state index contributed by atoms with van der Waals surface area (Å²) < 4.78 is 61.2. The number of ketones is 3. The molecule has 7 aliphatic rings. The van der Waals surface area contributed by atoms with Gasteiger partial charge in [-0.15, -0.1) is 0 Å². The molecule has 4 amide bonds. The summed E-state index contributed by atoms with van der Waals surface area (Å²) in [6.07, 6.45) is 19.0. The van der Waals surface area contributed by atoms with Gasteiger partial charge >= 0.3 is 12.1 Å². The van der Waals surface area contributed by atoms with Gasteiger partial charge in [-0.1, -0.05) is 89.3 Å². The summed E-state index contributed by atoms with van der Waals surface area (Å²) >= 11 is 0. The molecule has 750 valence electrons. The number of hydrogen-bond donors (Lipinski definition) is 6. The van der Waals surface area contributed by atoms with Crippen molar-refractivity contribution in [2.24, 2.45) is 35.5 Å². The van der Waals surface area contributed by atoms with Crippen LogP contribution in [-0.4, -0.2) is 303 Å². The summed E-state index contributed by atoms with van der Waals surface area (Å²) in [6, 6.07) is 9.09. The molecule has 38 nitrogen and oxygen atoms in total. The molecule has 14 rings (SSSR count). The maximum Gasteiger partial charge on any atom is 0.410 e. The van der Waals surface area contributed by atoms with Crippen molar-refractivity contribution in [3.63, 3.8) is 0 Å². The van der Waals surface area contributed by atoms with E-state index in [-0.39, 0.29) is 99.2 Å². The number of amides is 4. The molecule has 38 heteroatoms. The SMILES string of the molecule is CO[C@H]1C[C@@H]2CC[C@@H](C)[C@@](O)(O2)C(=O)C(=O)N2CCCC[C@H]2C(=O)O[C@H]([C@H](C)C[C@@H]2CC[C@@H](OC(=O)N3CCc4nc(N5CCN(c6ncc(C(=O)NCCOCCOCCOCCOCCC(=O)N7CCc8cc(Cn9nc(-c%10cnc%11[nH]ccc%11c%10)c%10c(N)ncnc%109)ccc8C7)c(N)n6)CC5)ncc4C3)[C@H](OC)C2)CC(=O)[C@H](C)/C=C(\C)[C@@H](O)[C@@H](OC)C(=O)[C@H](C)C[C@H](C)/C=C/C=C/C=C/1C. The van der Waals surface area contributed by atoms with Crippen molar-refractivity contribution >= 4 is 92.7 Å². The second-order valence-corrected chi connectivity index (χ2v) is 37.9. The van der Waals surface area contributed by atoms with Gasteiger partial charge < -0.3 is 104 Å². The highest BCUT2D eigenvalue weighted by atomic mass is 16.6. The number of aliphatic hydroxyl groups excluding tert-OH is 1. The van der Waals surface area contributed by atoms with Crippen molar-refractivity contribution in [3.8, 4) is 11.3 Å². The van der Waals surface area contributed by atoms with Gasteiger partial charge in [-0.25, -0.2) is 44.2 Å². The van der Waals surface area contributed by atoms with Crippen LogP contribution in [0.15, 0.2) is 109 Å². The number of Topliss-reactive ketones (excluding diaryl/α,β-unsaturated/α-hetero) is 3. The molecule has 6 aromatic heterocycles. The number of nitrogens with two attached hydrogens (primary N) is 2. The lowest BCUT2D eigenvalue weighted by molar-refractivity contribution is -0.265. The van der Waals surface area contributed by atoms with Gasteiger partial charge in [0.15, 0.2) is 11.4 Å². The minimum absolute atomic E-state index is 0.0268. The maximum absolute atomic E-state index is 14.9. The molecule has 1 aliphatic carbocycles. The summed E-state index contributed by atoms with van der Waals surface area (Å²) in [7, 11) is 4.51. The fourth-order valence-electron chi connectivity index (χ4n) is 19.8. The van der Waals surface area contributed by atoms with E-state index in [0.717, 1.165) is 51.0 Å². The summed E-state index contributed by atoms with van der Waals surface area (Å²) in [5.74, 6) is -7.85. The van der Waals surface area contributed by atoms with E-state index in [2.05, 4.69) is 58.3 Å². The molecule has 139 heavy (non-hydrogen) atoms. The molecular weight excluding hydrogens is 1790 g/mol. The van der Waals surface area contributed by atoms with E-state index in [4.69, 9.17) is 73.9 Å². The zero-order valence-electron chi connectivity index (χ0n) is 81.5. The van der Waals surface area contributed by atoms with Crippen LogP contribution < -0.4 is 26.6 Å². The highest BCUT2D eigenvalue weighted by Gasteiger charge is 2.54. The molecule has 0 unspecified atom stereocenters. The van der Waals surface area contributed by atoms with Crippen molar-refractivity contribution < 1.29 is 95.9 Å². The predicted octanol–water partition coefficient (Wildman–Crippen LogP) is 8.96. The average molecular weight is 1920 g/mol. The first-order valence-corrected chi connectivity index (χ1v) is 48.9. The van der Waals surface area contributed by atoms with E-state index in [0.29, 0.717) is 196 Å². The number of ether oxygens (including phenoxy) is 10. The predicted molar refractivity (Wildman–Crippen MR) is 516 cm³/mol. The second-order valence-electron chi connectivity index (χ2n) is 37.9. The van der Waals surface area contributed by atoms with Crippen molar-refractivity contribution in [3.05, 3.63) is 143 Å². The molecule has 2 bridgehead atoms. The number of aromatic amines is 1. The number of H-pyrrole nitrogens is 1. The quantitative estimate of drug-likeness (QED) is 0.0115. The second kappa shape index (κ2) is 48.6. The van der Waals surface area contributed by atoms with Gasteiger partial charge in [-0.3, -0.25) is 28.8 Å². The minimum atomic E-state index is -2.50. The van der Waals surface area contributed by atoms with Crippen LogP contribution in [0.5, 0.6) is 0 Å². The summed E-state index contributed by atoms with van der Waals surface area (Å²) in [5.41, 5.74) is 22.0. The number of piperazine rings is 1. The first kappa shape index (κ1) is 103. The largest absolute Gasteiger partial charge is 0.460 e. The Hall–Kier alpha value is -11.5. The minimum Gasteiger partial charge on any atom is -0.460 e. The highest BCUT2D eigenvalue weighted by Crippen LogP contribution is 2.41. The Kier molecular flexibility index (Phi) is 36.2. The summed E-state index contributed by atoms with van der Waals surface area (Å²) in [5, 5.41) is 33.3. The van der Waals surface area contributed by atoms with E-state index in [9.17, 15) is 48.6 Å². The number of nitrogens with one attached hydrogen (secondary N) is 2. The number of rotatable bonds is 28. The van der Waals surface area contributed by atoms with Crippen molar-refractivity contribution in [2.45, 2.75) is 219 Å². The van der Waals surface area contributed by atoms with Crippen LogP contribution in [0.25, 0.3) is 33.3 Å². The third-order valence-electron chi connectivity index (χ3n) is 28.1. The van der Waals surface area contributed by atoms with Gasteiger partial charge in [0.25, 0.3) is 17.6 Å². The Morgan fingerprint density at radius 3 is 2.17 bits per heavy atom. The molecule has 1 saturated carbocycles. The number of anilines is 4. The Morgan fingerprint density at radius 1 is 0.698 bits per heavy atom. The van der Waals surface area contributed by atoms with Gasteiger partial charge in [0.2, 0.25) is 23.6 Å². The molecule has 4 fully saturated rings. The van der Waals surface area contributed by atoms with Gasteiger partial charge in [0.05, 0.1) is 107 Å². The lowest BCUT2D eigenvalue weighted by atomic mass is 9.78. The zero-order valence-corrected chi connectivity index (χ0v) is 81.5. The molecule has 0 spiro atoms. The third kappa shape index (κ3) is 26.0.